The molecular formula is C28H31ClN8O3. The maximum atomic E-state index is 12.9. The first-order chi connectivity index (χ1) is 19.2. The van der Waals surface area contributed by atoms with Gasteiger partial charge in [0.25, 0.3) is 0 Å². The standard InChI is InChI=1S/C28H31ClN8O3/c1-28(2,3)40-27(39)37-13-5-8-21(37)26(38)30-15-17-9-11-19(12-10-17)33-25-22-23(31-16-32-24(22)35-36-25)34-20-7-4-6-18(29)14-20/h4,6-7,9-12,14,16,21H,5,8,13,15H2,1-3H3,(H,30,38)(H3,31,32,33,34,35,36)/t21-/m1/s1. The molecule has 4 N–H and O–H groups in total. The van der Waals surface area contributed by atoms with Crippen molar-refractivity contribution >= 4 is 57.6 Å². The van der Waals surface area contributed by atoms with E-state index in [9.17, 15) is 9.59 Å². The third-order valence-electron chi connectivity index (χ3n) is 6.31. The second-order valence-corrected chi connectivity index (χ2v) is 11.0. The first-order valence-electron chi connectivity index (χ1n) is 13.0. The fourth-order valence-corrected chi connectivity index (χ4v) is 4.67. The number of hydrogen-bond acceptors (Lipinski definition) is 8. The zero-order valence-corrected chi connectivity index (χ0v) is 23.2. The van der Waals surface area contributed by atoms with Gasteiger partial charge in [0.05, 0.1) is 0 Å². The average molecular weight is 563 g/mol. The Balaban J connectivity index is 1.22. The lowest BCUT2D eigenvalue weighted by Crippen LogP contribution is -2.47. The summed E-state index contributed by atoms with van der Waals surface area (Å²) >= 11 is 6.12. The van der Waals surface area contributed by atoms with Crippen molar-refractivity contribution < 1.29 is 14.3 Å². The number of aromatic amines is 1. The van der Waals surface area contributed by atoms with Crippen LogP contribution in [0.3, 0.4) is 0 Å². The van der Waals surface area contributed by atoms with E-state index in [1.54, 1.807) is 6.07 Å². The van der Waals surface area contributed by atoms with Gasteiger partial charge >= 0.3 is 6.09 Å². The highest BCUT2D eigenvalue weighted by atomic mass is 35.5. The zero-order chi connectivity index (χ0) is 28.3. The predicted molar refractivity (Wildman–Crippen MR) is 154 cm³/mol. The number of hydrogen-bond donors (Lipinski definition) is 4. The molecule has 5 rings (SSSR count). The van der Waals surface area contributed by atoms with Crippen LogP contribution in [0, 0.1) is 0 Å². The van der Waals surface area contributed by atoms with E-state index in [1.165, 1.54) is 11.2 Å². The summed E-state index contributed by atoms with van der Waals surface area (Å²) in [5.41, 5.74) is 2.42. The molecule has 0 bridgehead atoms. The summed E-state index contributed by atoms with van der Waals surface area (Å²) in [5, 5.41) is 18.1. The second-order valence-electron chi connectivity index (χ2n) is 10.5. The minimum Gasteiger partial charge on any atom is -0.444 e. The van der Waals surface area contributed by atoms with Gasteiger partial charge in [0.1, 0.15) is 35.0 Å². The maximum Gasteiger partial charge on any atom is 0.410 e. The van der Waals surface area contributed by atoms with E-state index in [4.69, 9.17) is 16.3 Å². The van der Waals surface area contributed by atoms with Crippen molar-refractivity contribution in [2.45, 2.75) is 51.8 Å². The van der Waals surface area contributed by atoms with Crippen LogP contribution in [0.2, 0.25) is 5.02 Å². The Morgan fingerprint density at radius 1 is 1.10 bits per heavy atom. The topological polar surface area (TPSA) is 137 Å². The van der Waals surface area contributed by atoms with Gasteiger partial charge < -0.3 is 20.7 Å². The molecule has 1 atom stereocenters. The van der Waals surface area contributed by atoms with Crippen LogP contribution in [0.4, 0.5) is 27.8 Å². The number of aromatic nitrogens is 4. The molecule has 0 radical (unpaired) electrons. The number of nitrogens with one attached hydrogen (secondary N) is 4. The van der Waals surface area contributed by atoms with Crippen molar-refractivity contribution in [2.75, 3.05) is 17.2 Å². The van der Waals surface area contributed by atoms with Crippen LogP contribution in [0.1, 0.15) is 39.2 Å². The van der Waals surface area contributed by atoms with E-state index in [0.717, 1.165) is 23.4 Å². The van der Waals surface area contributed by atoms with Crippen molar-refractivity contribution in [1.29, 1.82) is 0 Å². The lowest BCUT2D eigenvalue weighted by molar-refractivity contribution is -0.125. The Morgan fingerprint density at radius 2 is 1.90 bits per heavy atom. The number of nitrogens with zero attached hydrogens (tertiary/aromatic N) is 4. The van der Waals surface area contributed by atoms with E-state index >= 15 is 0 Å². The molecule has 1 aliphatic rings. The monoisotopic (exact) mass is 562 g/mol. The van der Waals surface area contributed by atoms with Gasteiger partial charge in [0.2, 0.25) is 5.91 Å². The highest BCUT2D eigenvalue weighted by Crippen LogP contribution is 2.30. The summed E-state index contributed by atoms with van der Waals surface area (Å²) in [5.74, 6) is 1.02. The van der Waals surface area contributed by atoms with E-state index < -0.39 is 17.7 Å². The van der Waals surface area contributed by atoms with Crippen LogP contribution in [0.25, 0.3) is 11.0 Å². The van der Waals surface area contributed by atoms with Gasteiger partial charge in [-0.15, -0.1) is 0 Å². The normalized spacial score (nSPS) is 15.2. The number of likely N-dealkylation sites (tertiary alicyclic amines) is 1. The Hall–Kier alpha value is -4.38. The molecular weight excluding hydrogens is 532 g/mol. The molecule has 0 unspecified atom stereocenters. The number of ether oxygens (including phenoxy) is 1. The van der Waals surface area contributed by atoms with Gasteiger partial charge in [-0.05, 0) is 69.5 Å². The SMILES string of the molecule is CC(C)(C)OC(=O)N1CCC[C@@H]1C(=O)NCc1ccc(Nc2[nH]nc3ncnc(Nc4cccc(Cl)c4)c23)cc1. The van der Waals surface area contributed by atoms with Crippen LogP contribution in [0.15, 0.2) is 54.9 Å². The zero-order valence-electron chi connectivity index (χ0n) is 22.5. The molecule has 1 fully saturated rings. The van der Waals surface area contributed by atoms with Crippen LogP contribution < -0.4 is 16.0 Å². The fraction of sp³-hybridized carbons (Fsp3) is 0.321. The Morgan fingerprint density at radius 3 is 2.65 bits per heavy atom. The highest BCUT2D eigenvalue weighted by molar-refractivity contribution is 6.30. The molecule has 11 nitrogen and oxygen atoms in total. The smallest absolute Gasteiger partial charge is 0.410 e. The molecule has 4 aromatic rings. The van der Waals surface area contributed by atoms with Gasteiger partial charge in [0, 0.05) is 29.5 Å². The number of benzene rings is 2. The number of amides is 2. The van der Waals surface area contributed by atoms with E-state index in [1.807, 2.05) is 63.2 Å². The number of halogens is 1. The largest absolute Gasteiger partial charge is 0.444 e. The maximum absolute atomic E-state index is 12.9. The third kappa shape index (κ3) is 6.42. The second kappa shape index (κ2) is 11.4. The molecule has 40 heavy (non-hydrogen) atoms. The molecule has 2 aromatic heterocycles. The number of carbonyl (C=O) groups excluding carboxylic acids is 2. The van der Waals surface area contributed by atoms with Gasteiger partial charge in [-0.25, -0.2) is 14.8 Å². The molecule has 0 aliphatic carbocycles. The molecule has 2 aromatic carbocycles. The average Bonchev–Trinajstić information content (AvgIpc) is 3.56. The molecule has 0 spiro atoms. The van der Waals surface area contributed by atoms with E-state index in [2.05, 4.69) is 36.1 Å². The van der Waals surface area contributed by atoms with Gasteiger partial charge in [-0.2, -0.15) is 5.10 Å². The van der Waals surface area contributed by atoms with E-state index in [0.29, 0.717) is 47.2 Å². The third-order valence-corrected chi connectivity index (χ3v) is 6.55. The summed E-state index contributed by atoms with van der Waals surface area (Å²) in [6.07, 6.45) is 2.37. The Bertz CT molecular complexity index is 1520. The highest BCUT2D eigenvalue weighted by Gasteiger charge is 2.36. The van der Waals surface area contributed by atoms with Crippen molar-refractivity contribution in [2.24, 2.45) is 0 Å². The van der Waals surface area contributed by atoms with Gasteiger partial charge in [-0.1, -0.05) is 29.8 Å². The number of anilines is 4. The van der Waals surface area contributed by atoms with Crippen molar-refractivity contribution in [3.63, 3.8) is 0 Å². The van der Waals surface area contributed by atoms with Crippen LogP contribution in [-0.2, 0) is 16.1 Å². The number of carbonyl (C=O) groups is 2. The van der Waals surface area contributed by atoms with Crippen molar-refractivity contribution in [3.8, 4) is 0 Å². The summed E-state index contributed by atoms with van der Waals surface area (Å²) in [7, 11) is 0. The summed E-state index contributed by atoms with van der Waals surface area (Å²) in [4.78, 5) is 35.6. The summed E-state index contributed by atoms with van der Waals surface area (Å²) in [6, 6.07) is 14.5. The van der Waals surface area contributed by atoms with Crippen LogP contribution in [0.5, 0.6) is 0 Å². The molecule has 1 aliphatic heterocycles. The molecule has 12 heteroatoms. The first-order valence-corrected chi connectivity index (χ1v) is 13.4. The van der Waals surface area contributed by atoms with Gasteiger partial charge in [0.15, 0.2) is 5.65 Å². The fourth-order valence-electron chi connectivity index (χ4n) is 4.48. The minimum absolute atomic E-state index is 0.186. The Labute approximate surface area is 236 Å². The molecule has 2 amide bonds. The van der Waals surface area contributed by atoms with Crippen molar-refractivity contribution in [3.05, 3.63) is 65.4 Å². The molecule has 3 heterocycles. The van der Waals surface area contributed by atoms with Gasteiger partial charge in [-0.3, -0.25) is 14.8 Å². The lowest BCUT2D eigenvalue weighted by Gasteiger charge is -2.28. The number of rotatable bonds is 7. The molecule has 0 saturated carbocycles. The van der Waals surface area contributed by atoms with Crippen molar-refractivity contribution in [1.82, 2.24) is 30.4 Å². The Kier molecular flexibility index (Phi) is 7.74. The van der Waals surface area contributed by atoms with Crippen LogP contribution in [-0.4, -0.2) is 55.3 Å². The number of H-pyrrole nitrogens is 1. The van der Waals surface area contributed by atoms with E-state index in [-0.39, 0.29) is 5.91 Å². The quantitative estimate of drug-likeness (QED) is 0.231. The first kappa shape index (κ1) is 27.2. The predicted octanol–water partition coefficient (Wildman–Crippen LogP) is 5.51. The summed E-state index contributed by atoms with van der Waals surface area (Å²) < 4.78 is 5.47. The minimum atomic E-state index is -0.611. The summed E-state index contributed by atoms with van der Waals surface area (Å²) in [6.45, 7) is 6.29. The molecule has 208 valence electrons. The number of fused-ring (bicyclic) bond motifs is 1. The van der Waals surface area contributed by atoms with Crippen LogP contribution >= 0.6 is 11.6 Å². The molecule has 1 saturated heterocycles. The lowest BCUT2D eigenvalue weighted by atomic mass is 10.1.